The second-order valence-corrected chi connectivity index (χ2v) is 12.9. The highest BCUT2D eigenvalue weighted by atomic mass is 32.2. The van der Waals surface area contributed by atoms with E-state index in [0.29, 0.717) is 36.1 Å². The molecule has 1 aromatic heterocycles. The Hall–Kier alpha value is -3.73. The largest absolute Gasteiger partial charge is 0.566 e. The van der Waals surface area contributed by atoms with Crippen molar-refractivity contribution >= 4 is 35.6 Å². The zero-order chi connectivity index (χ0) is 35.4. The number of quaternary nitrogens is 2. The van der Waals surface area contributed by atoms with E-state index in [0.717, 1.165) is 54.0 Å². The lowest BCUT2D eigenvalue weighted by atomic mass is 10.1. The number of ether oxygens (including phenoxy) is 2. The molecule has 7 N–H and O–H groups in total. The molecule has 256 valence electrons. The molecule has 3 aromatic rings. The van der Waals surface area contributed by atoms with Crippen LogP contribution in [-0.2, 0) is 23.9 Å². The van der Waals surface area contributed by atoms with Crippen LogP contribution in [0.4, 0.5) is 17.6 Å². The first kappa shape index (κ1) is 39.4. The molecule has 2 atom stereocenters. The molecule has 0 saturated carbocycles. The number of carboxylic acid groups (broad SMARTS) is 1. The van der Waals surface area contributed by atoms with E-state index >= 15 is 0 Å². The van der Waals surface area contributed by atoms with Crippen LogP contribution in [0.3, 0.4) is 0 Å². The fourth-order valence-corrected chi connectivity index (χ4v) is 6.54. The molecule has 1 heterocycles. The van der Waals surface area contributed by atoms with E-state index in [1.165, 1.54) is 12.1 Å². The Morgan fingerprint density at radius 3 is 2.26 bits per heavy atom. The number of benzene rings is 2. The monoisotopic (exact) mass is 725 g/mol. The van der Waals surface area contributed by atoms with Gasteiger partial charge in [-0.2, -0.15) is 23.2 Å². The van der Waals surface area contributed by atoms with Gasteiger partial charge in [-0.3, -0.25) is 0 Å². The molecular weight excluding hydrogens is 695 g/mol. The van der Waals surface area contributed by atoms with Crippen LogP contribution in [-0.4, -0.2) is 46.9 Å². The normalized spacial score (nSPS) is 12.4. The van der Waals surface area contributed by atoms with Crippen molar-refractivity contribution in [2.24, 2.45) is 0 Å². The standard InChI is InChI=1S/C25H28FN4O7PS2.C2HF3O2/c1-16-19(6-7-21(35-12-2-10-27)24(16)36-13-3-11-28)22-8-9-23(39-22)40(33,34)30-25(37-38(31)32)17-4-5-18(15-29)20(26)14-17;3-2(4,5)1(6)7/h4-9,14,25,30H,2-3,10-13,27-28H2,1H3;(H,6,7)/p+1. The summed E-state index contributed by atoms with van der Waals surface area (Å²) in [5.74, 6) is -2.82. The maximum Gasteiger partial charge on any atom is 0.490 e. The molecule has 0 amide bonds. The van der Waals surface area contributed by atoms with Crippen LogP contribution in [0.2, 0.25) is 0 Å². The topological polar surface area (TPSA) is 233 Å². The summed E-state index contributed by atoms with van der Waals surface area (Å²) in [5, 5.41) is 17.7. The van der Waals surface area contributed by atoms with E-state index in [4.69, 9.17) is 29.2 Å². The molecule has 0 radical (unpaired) electrons. The van der Waals surface area contributed by atoms with Gasteiger partial charge in [-0.1, -0.05) is 6.07 Å². The molecule has 20 heteroatoms. The Balaban J connectivity index is 0.000000984. The van der Waals surface area contributed by atoms with E-state index < -0.39 is 42.5 Å². The van der Waals surface area contributed by atoms with Gasteiger partial charge < -0.3 is 35.7 Å². The van der Waals surface area contributed by atoms with E-state index in [2.05, 4.69) is 16.2 Å². The smallest absolute Gasteiger partial charge is 0.490 e. The number of hydrogen-bond acceptors (Lipinski definition) is 11. The Bertz CT molecular complexity index is 1700. The second kappa shape index (κ2) is 18.0. The molecule has 2 unspecified atom stereocenters. The van der Waals surface area contributed by atoms with Gasteiger partial charge >= 0.3 is 14.4 Å². The highest BCUT2D eigenvalue weighted by Crippen LogP contribution is 2.41. The van der Waals surface area contributed by atoms with Gasteiger partial charge in [0.15, 0.2) is 11.5 Å². The second-order valence-electron chi connectivity index (χ2n) is 9.26. The minimum atomic E-state index is -5.19. The third-order valence-corrected chi connectivity index (χ3v) is 9.27. The van der Waals surface area contributed by atoms with E-state index in [1.807, 2.05) is 13.0 Å². The van der Waals surface area contributed by atoms with E-state index in [1.54, 1.807) is 18.2 Å². The summed E-state index contributed by atoms with van der Waals surface area (Å²) in [5.41, 5.74) is 8.71. The first-order valence-corrected chi connectivity index (χ1v) is 16.8. The van der Waals surface area contributed by atoms with Gasteiger partial charge in [0.2, 0.25) is 6.23 Å². The summed E-state index contributed by atoms with van der Waals surface area (Å²) in [4.78, 5) is 20.7. The molecule has 0 bridgehead atoms. The molecule has 0 aliphatic heterocycles. The summed E-state index contributed by atoms with van der Waals surface area (Å²) in [6, 6.07) is 11.4. The van der Waals surface area contributed by atoms with Crippen LogP contribution in [0.1, 0.15) is 35.8 Å². The number of nitriles is 1. The van der Waals surface area contributed by atoms with Gasteiger partial charge in [0, 0.05) is 28.8 Å². The van der Waals surface area contributed by atoms with Gasteiger partial charge in [-0.05, 0) is 53.5 Å². The van der Waals surface area contributed by atoms with Crippen molar-refractivity contribution < 1.29 is 70.8 Å². The molecule has 2 aromatic carbocycles. The summed E-state index contributed by atoms with van der Waals surface area (Å²) in [6.45, 7) is 4.20. The molecule has 0 saturated heterocycles. The summed E-state index contributed by atoms with van der Waals surface area (Å²) in [7, 11) is -7.82. The van der Waals surface area contributed by atoms with Crippen LogP contribution in [0.25, 0.3) is 10.4 Å². The van der Waals surface area contributed by atoms with Gasteiger partial charge in [0.1, 0.15) is 22.1 Å². The number of carbonyl (C=O) groups is 1. The van der Waals surface area contributed by atoms with Crippen LogP contribution in [0.5, 0.6) is 11.5 Å². The Labute approximate surface area is 271 Å². The predicted molar refractivity (Wildman–Crippen MR) is 154 cm³/mol. The number of nitrogens with one attached hydrogen (secondary N) is 1. The third-order valence-electron chi connectivity index (χ3n) is 5.88. The van der Waals surface area contributed by atoms with Gasteiger partial charge in [-0.15, -0.1) is 15.9 Å². The van der Waals surface area contributed by atoms with Crippen molar-refractivity contribution in [3.8, 4) is 28.0 Å². The number of alkyl halides is 3. The quantitative estimate of drug-likeness (QED) is 0.0873. The fraction of sp³-hybridized carbons (Fsp3) is 0.333. The lowest BCUT2D eigenvalue weighted by molar-refractivity contribution is -0.369. The minimum absolute atomic E-state index is 0.124. The van der Waals surface area contributed by atoms with E-state index in [-0.39, 0.29) is 15.3 Å². The average molecular weight is 726 g/mol. The van der Waals surface area contributed by atoms with Crippen molar-refractivity contribution in [2.75, 3.05) is 26.3 Å². The SMILES string of the molecule is Cc1c(-c2ccc(S(=O)(=O)NC(O[P+](=O)[O-])c3ccc(C#N)c(F)c3)s2)ccc(OCCC[NH3+])c1OCCC[NH3+].O=C([O-])C(F)(F)F. The van der Waals surface area contributed by atoms with Gasteiger partial charge in [0.05, 0.1) is 31.9 Å². The van der Waals surface area contributed by atoms with Gasteiger partial charge in [0.25, 0.3) is 10.0 Å². The van der Waals surface area contributed by atoms with Crippen molar-refractivity contribution in [3.05, 3.63) is 65.0 Å². The van der Waals surface area contributed by atoms with Crippen LogP contribution < -0.4 is 35.7 Å². The number of carboxylic acids is 1. The average Bonchev–Trinajstić information content (AvgIpc) is 3.49. The predicted octanol–water partition coefficient (Wildman–Crippen LogP) is 1.07. The molecule has 3 rings (SSSR count). The Morgan fingerprint density at radius 2 is 1.72 bits per heavy atom. The third kappa shape index (κ3) is 11.8. The number of nitrogens with zero attached hydrogens (tertiary/aromatic N) is 1. The Kier molecular flexibility index (Phi) is 15.1. The summed E-state index contributed by atoms with van der Waals surface area (Å²) >= 11 is 0.948. The number of thiophene rings is 1. The van der Waals surface area contributed by atoms with Crippen molar-refractivity contribution in [3.63, 3.8) is 0 Å². The fourth-order valence-electron chi connectivity index (χ4n) is 3.62. The number of halogens is 4. The number of sulfonamides is 1. The number of carbonyl (C=O) groups excluding carboxylic acids is 1. The molecule has 0 fully saturated rings. The number of rotatable bonds is 15. The zero-order valence-electron chi connectivity index (χ0n) is 24.7. The van der Waals surface area contributed by atoms with Crippen molar-refractivity contribution in [1.82, 2.24) is 4.72 Å². The van der Waals surface area contributed by atoms with Gasteiger partial charge in [-0.25, -0.2) is 12.8 Å². The maximum absolute atomic E-state index is 14.1. The van der Waals surface area contributed by atoms with Crippen LogP contribution >= 0.6 is 19.6 Å². The van der Waals surface area contributed by atoms with Crippen LogP contribution in [0, 0.1) is 24.1 Å². The molecule has 0 aliphatic carbocycles. The van der Waals surface area contributed by atoms with Crippen molar-refractivity contribution in [2.45, 2.75) is 36.4 Å². The first-order valence-electron chi connectivity index (χ1n) is 13.4. The molecule has 0 aliphatic rings. The lowest BCUT2D eigenvalue weighted by Crippen LogP contribution is -2.50. The van der Waals surface area contributed by atoms with E-state index in [9.17, 15) is 35.4 Å². The number of hydrogen-bond donors (Lipinski definition) is 3. The highest BCUT2D eigenvalue weighted by Gasteiger charge is 2.30. The molecular formula is C27H30F4N4O9PS2+. The first-order chi connectivity index (χ1) is 22.0. The maximum atomic E-state index is 14.1. The van der Waals surface area contributed by atoms with Crippen LogP contribution in [0.15, 0.2) is 46.7 Å². The Morgan fingerprint density at radius 1 is 1.11 bits per heavy atom. The number of aliphatic carboxylic acids is 1. The summed E-state index contributed by atoms with van der Waals surface area (Å²) in [6.07, 6.45) is -5.42. The highest BCUT2D eigenvalue weighted by molar-refractivity contribution is 7.91. The molecule has 0 spiro atoms. The zero-order valence-corrected chi connectivity index (χ0v) is 27.2. The molecule has 13 nitrogen and oxygen atoms in total. The molecule has 47 heavy (non-hydrogen) atoms. The summed E-state index contributed by atoms with van der Waals surface area (Å²) < 4.78 is 102. The van der Waals surface area contributed by atoms with Crippen molar-refractivity contribution in [1.29, 1.82) is 5.26 Å². The lowest BCUT2D eigenvalue weighted by Gasteiger charge is -2.17. The minimum Gasteiger partial charge on any atom is -0.566 e.